The van der Waals surface area contributed by atoms with E-state index in [-0.39, 0.29) is 5.91 Å². The normalized spacial score (nSPS) is 28.0. The molecular weight excluding hydrogens is 182 g/mol. The van der Waals surface area contributed by atoms with Crippen LogP contribution in [0.2, 0.25) is 0 Å². The van der Waals surface area contributed by atoms with E-state index in [1.807, 2.05) is 11.9 Å². The lowest BCUT2D eigenvalue weighted by Crippen LogP contribution is -2.33. The predicted molar refractivity (Wildman–Crippen MR) is 55.2 cm³/mol. The van der Waals surface area contributed by atoms with E-state index in [9.17, 15) is 4.79 Å². The first-order valence-corrected chi connectivity index (χ1v) is 5.47. The number of hydrogen-bond acceptors (Lipinski definition) is 2. The number of nitrogens with zero attached hydrogens (tertiary/aromatic N) is 1. The van der Waals surface area contributed by atoms with Crippen LogP contribution in [0.4, 0.5) is 0 Å². The summed E-state index contributed by atoms with van der Waals surface area (Å²) < 4.78 is 0. The Morgan fingerprint density at radius 3 is 3.15 bits per heavy atom. The van der Waals surface area contributed by atoms with Gasteiger partial charge in [-0.1, -0.05) is 19.1 Å². The second kappa shape index (κ2) is 3.22. The van der Waals surface area contributed by atoms with Crippen molar-refractivity contribution in [2.75, 3.05) is 12.8 Å². The third-order valence-electron chi connectivity index (χ3n) is 2.51. The Morgan fingerprint density at radius 1 is 1.62 bits per heavy atom. The van der Waals surface area contributed by atoms with Crippen molar-refractivity contribution in [2.24, 2.45) is 5.92 Å². The van der Waals surface area contributed by atoms with E-state index in [0.29, 0.717) is 11.7 Å². The van der Waals surface area contributed by atoms with Gasteiger partial charge in [-0.05, 0) is 12.3 Å². The summed E-state index contributed by atoms with van der Waals surface area (Å²) in [5.74, 6) is 1.38. The topological polar surface area (TPSA) is 20.3 Å². The molecule has 2 aliphatic rings. The zero-order valence-electron chi connectivity index (χ0n) is 7.91. The van der Waals surface area contributed by atoms with E-state index in [1.54, 1.807) is 11.8 Å². The van der Waals surface area contributed by atoms with Gasteiger partial charge in [-0.3, -0.25) is 4.79 Å². The average Bonchev–Trinajstić information content (AvgIpc) is 2.12. The van der Waals surface area contributed by atoms with Gasteiger partial charge in [-0.15, -0.1) is 11.8 Å². The molecule has 2 nitrogen and oxygen atoms in total. The number of rotatable bonds is 0. The first-order valence-electron chi connectivity index (χ1n) is 4.49. The summed E-state index contributed by atoms with van der Waals surface area (Å²) in [6.45, 7) is 2.18. The molecule has 0 aromatic rings. The standard InChI is InChI=1S/C10H13NOS/c1-7-3-4-9-8(5-7)11(2)10(12)6-13-9/h3-4,7H,5-6H2,1-2H3. The Bertz CT molecular complexity index is 306. The van der Waals surface area contributed by atoms with Gasteiger partial charge in [0.05, 0.1) is 5.75 Å². The molecule has 0 saturated heterocycles. The lowest BCUT2D eigenvalue weighted by atomic mass is 9.99. The molecule has 70 valence electrons. The van der Waals surface area contributed by atoms with Gasteiger partial charge in [0.25, 0.3) is 0 Å². The molecule has 13 heavy (non-hydrogen) atoms. The maximum atomic E-state index is 11.4. The minimum absolute atomic E-state index is 0.228. The Hall–Kier alpha value is -0.700. The number of carbonyl (C=O) groups excluding carboxylic acids is 1. The molecule has 1 unspecified atom stereocenters. The summed E-state index contributed by atoms with van der Waals surface area (Å²) >= 11 is 1.66. The predicted octanol–water partition coefficient (Wildman–Crippen LogP) is 2.00. The zero-order valence-corrected chi connectivity index (χ0v) is 8.73. The molecule has 0 fully saturated rings. The van der Waals surface area contributed by atoms with Crippen molar-refractivity contribution >= 4 is 17.7 Å². The third kappa shape index (κ3) is 1.53. The fourth-order valence-electron chi connectivity index (χ4n) is 1.64. The average molecular weight is 195 g/mol. The van der Waals surface area contributed by atoms with Gasteiger partial charge >= 0.3 is 0 Å². The summed E-state index contributed by atoms with van der Waals surface area (Å²) in [6.07, 6.45) is 5.37. The van der Waals surface area contributed by atoms with Crippen LogP contribution in [0.5, 0.6) is 0 Å². The quantitative estimate of drug-likeness (QED) is 0.589. The lowest BCUT2D eigenvalue weighted by Gasteiger charge is -2.31. The number of thioether (sulfide) groups is 1. The fourth-order valence-corrected chi connectivity index (χ4v) is 2.68. The SMILES string of the molecule is CC1C=CC2=C(C1)N(C)C(=O)CS2. The van der Waals surface area contributed by atoms with Crippen LogP contribution < -0.4 is 0 Å². The highest BCUT2D eigenvalue weighted by molar-refractivity contribution is 8.04. The lowest BCUT2D eigenvalue weighted by molar-refractivity contribution is -0.125. The van der Waals surface area contributed by atoms with Crippen LogP contribution in [0.3, 0.4) is 0 Å². The molecule has 1 aliphatic heterocycles. The molecule has 2 rings (SSSR count). The molecular formula is C10H13NOS. The molecule has 0 bridgehead atoms. The number of hydrogen-bond donors (Lipinski definition) is 0. The van der Waals surface area contributed by atoms with Gasteiger partial charge < -0.3 is 4.90 Å². The van der Waals surface area contributed by atoms with Crippen LogP contribution in [0.25, 0.3) is 0 Å². The molecule has 1 atom stereocenters. The Labute approximate surface area is 82.7 Å². The highest BCUT2D eigenvalue weighted by atomic mass is 32.2. The van der Waals surface area contributed by atoms with Crippen molar-refractivity contribution < 1.29 is 4.79 Å². The maximum Gasteiger partial charge on any atom is 0.236 e. The van der Waals surface area contributed by atoms with Gasteiger partial charge in [0.15, 0.2) is 0 Å². The molecule has 0 aromatic heterocycles. The Balaban J connectivity index is 2.32. The largest absolute Gasteiger partial charge is 0.317 e. The van der Waals surface area contributed by atoms with Gasteiger partial charge in [0.2, 0.25) is 5.91 Å². The summed E-state index contributed by atoms with van der Waals surface area (Å²) in [5.41, 5.74) is 1.20. The molecule has 3 heteroatoms. The van der Waals surface area contributed by atoms with Crippen molar-refractivity contribution in [2.45, 2.75) is 13.3 Å². The fraction of sp³-hybridized carbons (Fsp3) is 0.500. The van der Waals surface area contributed by atoms with E-state index in [4.69, 9.17) is 0 Å². The number of allylic oxidation sites excluding steroid dienone is 3. The van der Waals surface area contributed by atoms with Crippen molar-refractivity contribution in [3.05, 3.63) is 22.8 Å². The van der Waals surface area contributed by atoms with E-state index in [2.05, 4.69) is 19.1 Å². The summed E-state index contributed by atoms with van der Waals surface area (Å²) in [7, 11) is 1.88. The van der Waals surface area contributed by atoms with Crippen molar-refractivity contribution in [3.63, 3.8) is 0 Å². The number of amides is 1. The Morgan fingerprint density at radius 2 is 2.38 bits per heavy atom. The highest BCUT2D eigenvalue weighted by Gasteiger charge is 2.25. The summed E-state index contributed by atoms with van der Waals surface area (Å²) in [5, 5.41) is 0. The van der Waals surface area contributed by atoms with Crippen LogP contribution in [0, 0.1) is 5.92 Å². The molecule has 0 aromatic carbocycles. The highest BCUT2D eigenvalue weighted by Crippen LogP contribution is 2.35. The van der Waals surface area contributed by atoms with Crippen LogP contribution in [-0.2, 0) is 4.79 Å². The smallest absolute Gasteiger partial charge is 0.236 e. The summed E-state index contributed by atoms with van der Waals surface area (Å²) in [6, 6.07) is 0. The monoisotopic (exact) mass is 195 g/mol. The van der Waals surface area contributed by atoms with Crippen LogP contribution in [0.1, 0.15) is 13.3 Å². The minimum atomic E-state index is 0.228. The minimum Gasteiger partial charge on any atom is -0.317 e. The molecule has 0 spiro atoms. The molecule has 1 amide bonds. The molecule has 0 radical (unpaired) electrons. The van der Waals surface area contributed by atoms with E-state index < -0.39 is 0 Å². The first kappa shape index (κ1) is 8.88. The molecule has 1 aliphatic carbocycles. The van der Waals surface area contributed by atoms with Gasteiger partial charge in [-0.25, -0.2) is 0 Å². The molecule has 0 N–H and O–H groups in total. The maximum absolute atomic E-state index is 11.4. The summed E-state index contributed by atoms with van der Waals surface area (Å²) in [4.78, 5) is 14.5. The van der Waals surface area contributed by atoms with Gasteiger partial charge in [0.1, 0.15) is 0 Å². The van der Waals surface area contributed by atoms with Crippen LogP contribution in [-0.4, -0.2) is 23.6 Å². The Kier molecular flexibility index (Phi) is 2.20. The van der Waals surface area contributed by atoms with Crippen molar-refractivity contribution in [1.29, 1.82) is 0 Å². The van der Waals surface area contributed by atoms with E-state index >= 15 is 0 Å². The van der Waals surface area contributed by atoms with Crippen LogP contribution in [0.15, 0.2) is 22.8 Å². The molecule has 0 saturated carbocycles. The van der Waals surface area contributed by atoms with Crippen LogP contribution >= 0.6 is 11.8 Å². The van der Waals surface area contributed by atoms with Gasteiger partial charge in [0, 0.05) is 17.6 Å². The van der Waals surface area contributed by atoms with Gasteiger partial charge in [-0.2, -0.15) is 0 Å². The van der Waals surface area contributed by atoms with E-state index in [0.717, 1.165) is 6.42 Å². The zero-order chi connectivity index (χ0) is 9.42. The van der Waals surface area contributed by atoms with Crippen molar-refractivity contribution in [3.8, 4) is 0 Å². The third-order valence-corrected chi connectivity index (χ3v) is 3.58. The second-order valence-corrected chi connectivity index (χ2v) is 4.61. The second-order valence-electron chi connectivity index (χ2n) is 3.59. The van der Waals surface area contributed by atoms with Crippen molar-refractivity contribution in [1.82, 2.24) is 4.90 Å². The van der Waals surface area contributed by atoms with E-state index in [1.165, 1.54) is 10.6 Å². The first-order chi connectivity index (χ1) is 6.18. The molecule has 1 heterocycles. The number of carbonyl (C=O) groups is 1.